The molecule has 1 aliphatic rings. The molecule has 0 radical (unpaired) electrons. The van der Waals surface area contributed by atoms with Crippen LogP contribution in [0.1, 0.15) is 0 Å². The van der Waals surface area contributed by atoms with Crippen molar-refractivity contribution in [1.82, 2.24) is 4.42 Å². The summed E-state index contributed by atoms with van der Waals surface area (Å²) in [5.41, 5.74) is 0. The van der Waals surface area contributed by atoms with Gasteiger partial charge in [-0.25, -0.2) is 0 Å². The lowest BCUT2D eigenvalue weighted by atomic mass is 10.3. The molecule has 66 valence electrons. The van der Waals surface area contributed by atoms with E-state index >= 15 is 0 Å². The van der Waals surface area contributed by atoms with E-state index in [2.05, 4.69) is 15.7 Å². The van der Waals surface area contributed by atoms with E-state index in [1.165, 1.54) is 0 Å². The van der Waals surface area contributed by atoms with Crippen molar-refractivity contribution in [1.29, 1.82) is 0 Å². The van der Waals surface area contributed by atoms with Crippen LogP contribution >= 0.6 is 23.4 Å². The van der Waals surface area contributed by atoms with E-state index in [1.807, 2.05) is 0 Å². The van der Waals surface area contributed by atoms with Crippen molar-refractivity contribution in [3.63, 3.8) is 0 Å². The number of carbonyl (C=O) groups excluding carboxylic acids is 2. The summed E-state index contributed by atoms with van der Waals surface area (Å²) in [6.07, 6.45) is 0. The van der Waals surface area contributed by atoms with Gasteiger partial charge in [0, 0.05) is 11.8 Å². The highest BCUT2D eigenvalue weighted by molar-refractivity contribution is 6.48. The molecule has 1 atom stereocenters. The van der Waals surface area contributed by atoms with Crippen LogP contribution in [0.3, 0.4) is 0 Å². The Labute approximate surface area is 76.9 Å². The summed E-state index contributed by atoms with van der Waals surface area (Å²) >= 11 is 10.6. The van der Waals surface area contributed by atoms with Crippen LogP contribution in [0.15, 0.2) is 4.99 Å². The molecule has 1 aliphatic heterocycles. The van der Waals surface area contributed by atoms with E-state index in [9.17, 15) is 9.59 Å². The average Bonchev–Trinajstić information content (AvgIpc) is 2.08. The van der Waals surface area contributed by atoms with Gasteiger partial charge < -0.3 is 4.84 Å². The van der Waals surface area contributed by atoms with Crippen molar-refractivity contribution in [3.8, 4) is 0 Å². The fraction of sp³-hybridized carbons (Fsp3) is 0.250. The normalized spacial score (nSPS) is 24.1. The first-order valence-electron chi connectivity index (χ1n) is 2.71. The summed E-state index contributed by atoms with van der Waals surface area (Å²) in [5.74, 6) is 2.98. The van der Waals surface area contributed by atoms with Crippen LogP contribution in [0.5, 0.6) is 0 Å². The zero-order chi connectivity index (χ0) is 9.30. The van der Waals surface area contributed by atoms with Crippen LogP contribution in [0.25, 0.3) is 0 Å². The maximum absolute atomic E-state index is 10.9. The molecule has 6 nitrogen and oxygen atoms in total. The van der Waals surface area contributed by atoms with Gasteiger partial charge in [0.1, 0.15) is 0 Å². The molecular weight excluding hydrogens is 209 g/mol. The standard InChI is InChI=1S/C4H3Cl2N3O3/c5-1-2(10)8-4(12-7)9(6)3(1)11/h1H,7H2/t1-/m0/s1. The Balaban J connectivity index is 3.00. The smallest absolute Gasteiger partial charge is 0.336 e. The number of hydrogen-bond acceptors (Lipinski definition) is 4. The Morgan fingerprint density at radius 3 is 2.67 bits per heavy atom. The minimum atomic E-state index is -1.40. The maximum Gasteiger partial charge on any atom is 0.336 e. The molecule has 12 heavy (non-hydrogen) atoms. The molecule has 0 saturated carbocycles. The minimum Gasteiger partial charge on any atom is -0.371 e. The Kier molecular flexibility index (Phi) is 2.51. The first kappa shape index (κ1) is 9.24. The van der Waals surface area contributed by atoms with Gasteiger partial charge in [-0.2, -0.15) is 15.3 Å². The predicted molar refractivity (Wildman–Crippen MR) is 40.1 cm³/mol. The van der Waals surface area contributed by atoms with Gasteiger partial charge in [-0.1, -0.05) is 0 Å². The van der Waals surface area contributed by atoms with Gasteiger partial charge in [-0.15, -0.1) is 11.6 Å². The number of nitrogens with zero attached hydrogens (tertiary/aromatic N) is 2. The lowest BCUT2D eigenvalue weighted by Crippen LogP contribution is -2.45. The topological polar surface area (TPSA) is 85.0 Å². The zero-order valence-corrected chi connectivity index (χ0v) is 7.04. The highest BCUT2D eigenvalue weighted by atomic mass is 35.5. The summed E-state index contributed by atoms with van der Waals surface area (Å²) in [7, 11) is 0. The molecule has 0 saturated heterocycles. The molecule has 0 aromatic carbocycles. The van der Waals surface area contributed by atoms with E-state index in [-0.39, 0.29) is 0 Å². The molecule has 8 heteroatoms. The van der Waals surface area contributed by atoms with Gasteiger partial charge in [0.25, 0.3) is 11.8 Å². The Bertz CT molecular complexity index is 266. The predicted octanol–water partition coefficient (Wildman–Crippen LogP) is -0.637. The van der Waals surface area contributed by atoms with Gasteiger partial charge in [-0.3, -0.25) is 9.59 Å². The van der Waals surface area contributed by atoms with E-state index in [0.717, 1.165) is 0 Å². The lowest BCUT2D eigenvalue weighted by molar-refractivity contribution is -0.130. The number of rotatable bonds is 0. The third-order valence-corrected chi connectivity index (χ3v) is 1.79. The molecule has 0 unspecified atom stereocenters. The summed E-state index contributed by atoms with van der Waals surface area (Å²) in [4.78, 5) is 28.9. The fourth-order valence-corrected chi connectivity index (χ4v) is 0.938. The first-order valence-corrected chi connectivity index (χ1v) is 3.48. The van der Waals surface area contributed by atoms with Crippen LogP contribution in [-0.2, 0) is 14.4 Å². The van der Waals surface area contributed by atoms with E-state index < -0.39 is 23.2 Å². The number of aliphatic imine (C=N–C) groups is 1. The van der Waals surface area contributed by atoms with Crippen molar-refractivity contribution in [2.45, 2.75) is 5.38 Å². The Morgan fingerprint density at radius 2 is 2.17 bits per heavy atom. The Morgan fingerprint density at radius 1 is 1.58 bits per heavy atom. The molecule has 1 heterocycles. The van der Waals surface area contributed by atoms with Gasteiger partial charge in [0.15, 0.2) is 5.38 Å². The molecule has 2 N–H and O–H groups in total. The van der Waals surface area contributed by atoms with Crippen LogP contribution in [0, 0.1) is 0 Å². The summed E-state index contributed by atoms with van der Waals surface area (Å²) in [6, 6.07) is -0.483. The summed E-state index contributed by atoms with van der Waals surface area (Å²) < 4.78 is 0.444. The number of hydrogen-bond donors (Lipinski definition) is 1. The van der Waals surface area contributed by atoms with Crippen molar-refractivity contribution in [2.24, 2.45) is 10.9 Å². The maximum atomic E-state index is 10.9. The quantitative estimate of drug-likeness (QED) is 0.250. The molecule has 0 fully saturated rings. The van der Waals surface area contributed by atoms with Crippen LogP contribution < -0.4 is 5.90 Å². The van der Waals surface area contributed by atoms with Crippen LogP contribution in [0.2, 0.25) is 0 Å². The second kappa shape index (κ2) is 3.26. The summed E-state index contributed by atoms with van der Waals surface area (Å²) in [5, 5.41) is -1.40. The number of alkyl halides is 1. The molecule has 0 bridgehead atoms. The van der Waals surface area contributed by atoms with Crippen LogP contribution in [-0.4, -0.2) is 27.6 Å². The Hall–Kier alpha value is -0.850. The molecular formula is C4H3Cl2N3O3. The van der Waals surface area contributed by atoms with Crippen molar-refractivity contribution >= 4 is 41.2 Å². The molecule has 0 aromatic heterocycles. The zero-order valence-electron chi connectivity index (χ0n) is 5.53. The second-order valence-electron chi connectivity index (χ2n) is 1.83. The van der Waals surface area contributed by atoms with Gasteiger partial charge in [0.2, 0.25) is 0 Å². The lowest BCUT2D eigenvalue weighted by Gasteiger charge is -2.19. The highest BCUT2D eigenvalue weighted by Crippen LogP contribution is 2.14. The molecule has 0 aliphatic carbocycles. The molecule has 2 amide bonds. The first-order chi connectivity index (χ1) is 5.57. The number of carbonyl (C=O) groups is 2. The van der Waals surface area contributed by atoms with Crippen molar-refractivity contribution in [3.05, 3.63) is 0 Å². The third kappa shape index (κ3) is 1.36. The number of amides is 2. The highest BCUT2D eigenvalue weighted by Gasteiger charge is 2.37. The van der Waals surface area contributed by atoms with E-state index in [0.29, 0.717) is 4.42 Å². The van der Waals surface area contributed by atoms with Gasteiger partial charge in [0.05, 0.1) is 0 Å². The molecule has 1 rings (SSSR count). The fourth-order valence-electron chi connectivity index (χ4n) is 0.567. The molecule has 0 spiro atoms. The number of halogens is 2. The second-order valence-corrected chi connectivity index (χ2v) is 2.61. The third-order valence-electron chi connectivity index (χ3n) is 1.11. The van der Waals surface area contributed by atoms with Crippen molar-refractivity contribution in [2.75, 3.05) is 0 Å². The molecule has 0 aromatic rings. The largest absolute Gasteiger partial charge is 0.371 e. The SMILES string of the molecule is NOC1=NC(=O)[C@H](Cl)C(=O)N1Cl. The van der Waals surface area contributed by atoms with E-state index in [1.54, 1.807) is 0 Å². The summed E-state index contributed by atoms with van der Waals surface area (Å²) in [6.45, 7) is 0. The van der Waals surface area contributed by atoms with E-state index in [4.69, 9.17) is 23.4 Å². The van der Waals surface area contributed by atoms with Crippen LogP contribution in [0.4, 0.5) is 0 Å². The number of nitrogens with two attached hydrogens (primary N) is 1. The number of amidine groups is 1. The van der Waals surface area contributed by atoms with Crippen molar-refractivity contribution < 1.29 is 14.4 Å². The van der Waals surface area contributed by atoms with Gasteiger partial charge in [-0.05, 0) is 0 Å². The minimum absolute atomic E-state index is 0.444. The van der Waals surface area contributed by atoms with Gasteiger partial charge >= 0.3 is 6.02 Å². The average molecular weight is 212 g/mol. The monoisotopic (exact) mass is 211 g/mol.